The van der Waals surface area contributed by atoms with Crippen molar-refractivity contribution in [2.45, 2.75) is 33.8 Å². The van der Waals surface area contributed by atoms with E-state index in [4.69, 9.17) is 9.47 Å². The number of hydrogen-bond donors (Lipinski definition) is 1. The van der Waals surface area contributed by atoms with Crippen molar-refractivity contribution >= 4 is 11.6 Å². The van der Waals surface area contributed by atoms with E-state index in [2.05, 4.69) is 5.32 Å². The van der Waals surface area contributed by atoms with Crippen LogP contribution in [0.2, 0.25) is 0 Å². The molecule has 0 radical (unpaired) electrons. The predicted octanol–water partition coefficient (Wildman–Crippen LogP) is 5.44. The molecule has 0 saturated heterocycles. The third-order valence-electron chi connectivity index (χ3n) is 3.67. The second kappa shape index (κ2) is 10.1. The van der Waals surface area contributed by atoms with Gasteiger partial charge in [-0.15, -0.1) is 0 Å². The number of hydrogen-bond acceptors (Lipinski definition) is 3. The van der Waals surface area contributed by atoms with Crippen molar-refractivity contribution in [3.63, 3.8) is 0 Å². The highest BCUT2D eigenvalue weighted by Crippen LogP contribution is 2.27. The topological polar surface area (TPSA) is 47.6 Å². The first-order valence-electron chi connectivity index (χ1n) is 8.71. The Hall–Kier alpha value is -3.01. The molecule has 0 aliphatic rings. The lowest BCUT2D eigenvalue weighted by atomic mass is 10.2. The molecule has 0 bridgehead atoms. The number of carbonyl (C=O) groups excluding carboxylic acids is 1. The minimum Gasteiger partial charge on any atom is -0.490 e. The van der Waals surface area contributed by atoms with Crippen molar-refractivity contribution in [1.82, 2.24) is 0 Å². The standard InChI is InChI=1S/C22H25NO3/c1-4-11-20(17(3)25-16-18-12-7-6-8-13-18)26-21-15-10-9-14-19(21)23-22(24)5-2/h4,6-15H,5,16H2,1-3H3,(H,23,24)/b11-4-,20-17-. The molecule has 2 aromatic rings. The van der Waals surface area contributed by atoms with E-state index in [-0.39, 0.29) is 5.91 Å². The molecule has 0 aromatic heterocycles. The summed E-state index contributed by atoms with van der Waals surface area (Å²) >= 11 is 0. The molecule has 0 unspecified atom stereocenters. The number of carbonyl (C=O) groups is 1. The lowest BCUT2D eigenvalue weighted by molar-refractivity contribution is -0.115. The Labute approximate surface area is 155 Å². The van der Waals surface area contributed by atoms with E-state index in [1.54, 1.807) is 0 Å². The molecular formula is C22H25NO3. The fourth-order valence-corrected chi connectivity index (χ4v) is 2.23. The summed E-state index contributed by atoms with van der Waals surface area (Å²) in [6.45, 7) is 6.06. The Balaban J connectivity index is 2.18. The van der Waals surface area contributed by atoms with E-state index in [9.17, 15) is 4.79 Å². The Morgan fingerprint density at radius 3 is 2.46 bits per heavy atom. The van der Waals surface area contributed by atoms with Gasteiger partial charge in [0.25, 0.3) is 0 Å². The van der Waals surface area contributed by atoms with Gasteiger partial charge in [-0.25, -0.2) is 0 Å². The monoisotopic (exact) mass is 351 g/mol. The fourth-order valence-electron chi connectivity index (χ4n) is 2.23. The highest BCUT2D eigenvalue weighted by atomic mass is 16.5. The number of anilines is 1. The van der Waals surface area contributed by atoms with Crippen LogP contribution < -0.4 is 10.1 Å². The number of ether oxygens (including phenoxy) is 2. The predicted molar refractivity (Wildman–Crippen MR) is 105 cm³/mol. The van der Waals surface area contributed by atoms with Crippen LogP contribution in [0, 0.1) is 0 Å². The number of nitrogens with one attached hydrogen (secondary N) is 1. The summed E-state index contributed by atoms with van der Waals surface area (Å²) in [5.41, 5.74) is 1.72. The zero-order chi connectivity index (χ0) is 18.8. The van der Waals surface area contributed by atoms with Crippen LogP contribution in [-0.4, -0.2) is 5.91 Å². The van der Waals surface area contributed by atoms with Crippen molar-refractivity contribution in [2.75, 3.05) is 5.32 Å². The minimum atomic E-state index is -0.0605. The highest BCUT2D eigenvalue weighted by molar-refractivity contribution is 5.92. The average molecular weight is 351 g/mol. The Morgan fingerprint density at radius 2 is 1.77 bits per heavy atom. The SMILES string of the molecule is C/C=C\C(Oc1ccccc1NC(=O)CC)=C(/C)OCc1ccccc1. The number of rotatable bonds is 8. The summed E-state index contributed by atoms with van der Waals surface area (Å²) in [6.07, 6.45) is 4.14. The maximum absolute atomic E-state index is 11.7. The maximum atomic E-state index is 11.7. The number of amides is 1. The van der Waals surface area contributed by atoms with Gasteiger partial charge >= 0.3 is 0 Å². The molecule has 2 rings (SSSR count). The molecule has 0 fully saturated rings. The van der Waals surface area contributed by atoms with Gasteiger partial charge in [-0.3, -0.25) is 4.79 Å². The van der Waals surface area contributed by atoms with Crippen LogP contribution in [0.5, 0.6) is 5.75 Å². The zero-order valence-corrected chi connectivity index (χ0v) is 15.5. The van der Waals surface area contributed by atoms with Gasteiger partial charge in [-0.2, -0.15) is 0 Å². The molecule has 0 atom stereocenters. The van der Waals surface area contributed by atoms with Gasteiger partial charge in [-0.05, 0) is 37.6 Å². The van der Waals surface area contributed by atoms with E-state index in [1.165, 1.54) is 0 Å². The van der Waals surface area contributed by atoms with Crippen LogP contribution in [0.4, 0.5) is 5.69 Å². The minimum absolute atomic E-state index is 0.0605. The molecule has 0 aliphatic carbocycles. The first-order valence-corrected chi connectivity index (χ1v) is 8.71. The van der Waals surface area contributed by atoms with E-state index in [0.717, 1.165) is 5.56 Å². The van der Waals surface area contributed by atoms with Crippen molar-refractivity contribution < 1.29 is 14.3 Å². The van der Waals surface area contributed by atoms with Gasteiger partial charge in [-0.1, -0.05) is 55.5 Å². The lowest BCUT2D eigenvalue weighted by Gasteiger charge is -2.15. The normalized spacial score (nSPS) is 11.8. The third kappa shape index (κ3) is 5.81. The molecule has 1 amide bonds. The first-order chi connectivity index (χ1) is 12.6. The molecule has 136 valence electrons. The van der Waals surface area contributed by atoms with Gasteiger partial charge in [0.2, 0.25) is 5.91 Å². The van der Waals surface area contributed by atoms with Gasteiger partial charge in [0.05, 0.1) is 5.69 Å². The lowest BCUT2D eigenvalue weighted by Crippen LogP contribution is -2.11. The molecule has 4 nitrogen and oxygen atoms in total. The summed E-state index contributed by atoms with van der Waals surface area (Å²) in [5, 5.41) is 2.85. The highest BCUT2D eigenvalue weighted by Gasteiger charge is 2.10. The Kier molecular flexibility index (Phi) is 7.49. The molecule has 0 aliphatic heterocycles. The van der Waals surface area contributed by atoms with E-state index < -0.39 is 0 Å². The van der Waals surface area contributed by atoms with Gasteiger partial charge in [0.15, 0.2) is 11.5 Å². The molecule has 0 heterocycles. The summed E-state index contributed by atoms with van der Waals surface area (Å²) in [4.78, 5) is 11.7. The molecule has 4 heteroatoms. The average Bonchev–Trinajstić information content (AvgIpc) is 2.67. The quantitative estimate of drug-likeness (QED) is 0.509. The molecular weight excluding hydrogens is 326 g/mol. The molecule has 2 aromatic carbocycles. The van der Waals surface area contributed by atoms with Crippen LogP contribution >= 0.6 is 0 Å². The molecule has 26 heavy (non-hydrogen) atoms. The van der Waals surface area contributed by atoms with Crippen molar-refractivity contribution in [2.24, 2.45) is 0 Å². The van der Waals surface area contributed by atoms with Crippen molar-refractivity contribution in [3.05, 3.63) is 83.8 Å². The smallest absolute Gasteiger partial charge is 0.224 e. The van der Waals surface area contributed by atoms with Crippen LogP contribution in [0.25, 0.3) is 0 Å². The molecule has 0 spiro atoms. The van der Waals surface area contributed by atoms with Crippen molar-refractivity contribution in [1.29, 1.82) is 0 Å². The number of allylic oxidation sites excluding steroid dienone is 3. The molecule has 1 N–H and O–H groups in total. The van der Waals surface area contributed by atoms with E-state index in [0.29, 0.717) is 36.0 Å². The number of benzene rings is 2. The maximum Gasteiger partial charge on any atom is 0.224 e. The number of para-hydroxylation sites is 2. The summed E-state index contributed by atoms with van der Waals surface area (Å²) < 4.78 is 11.9. The van der Waals surface area contributed by atoms with Crippen LogP contribution in [-0.2, 0) is 16.1 Å². The Morgan fingerprint density at radius 1 is 1.08 bits per heavy atom. The zero-order valence-electron chi connectivity index (χ0n) is 15.5. The van der Waals surface area contributed by atoms with Gasteiger partial charge < -0.3 is 14.8 Å². The van der Waals surface area contributed by atoms with Gasteiger partial charge in [0, 0.05) is 6.42 Å². The molecule has 0 saturated carbocycles. The van der Waals surface area contributed by atoms with Crippen LogP contribution in [0.3, 0.4) is 0 Å². The summed E-state index contributed by atoms with van der Waals surface area (Å²) in [7, 11) is 0. The second-order valence-corrected chi connectivity index (χ2v) is 5.69. The fraction of sp³-hybridized carbons (Fsp3) is 0.227. The van der Waals surface area contributed by atoms with Crippen LogP contribution in [0.15, 0.2) is 78.3 Å². The first kappa shape index (κ1) is 19.3. The summed E-state index contributed by atoms with van der Waals surface area (Å²) in [5.74, 6) is 1.78. The van der Waals surface area contributed by atoms with Crippen molar-refractivity contribution in [3.8, 4) is 5.75 Å². The Bertz CT molecular complexity index is 779. The largest absolute Gasteiger partial charge is 0.490 e. The second-order valence-electron chi connectivity index (χ2n) is 5.69. The van der Waals surface area contributed by atoms with E-state index >= 15 is 0 Å². The van der Waals surface area contributed by atoms with Crippen LogP contribution in [0.1, 0.15) is 32.8 Å². The van der Waals surface area contributed by atoms with Gasteiger partial charge in [0.1, 0.15) is 12.4 Å². The third-order valence-corrected chi connectivity index (χ3v) is 3.67. The summed E-state index contributed by atoms with van der Waals surface area (Å²) in [6, 6.07) is 17.3. The van der Waals surface area contributed by atoms with E-state index in [1.807, 2.05) is 87.5 Å².